The number of carbonyl (C=O) groups is 3. The van der Waals surface area contributed by atoms with E-state index in [4.69, 9.17) is 4.74 Å². The molecule has 2 heterocycles. The summed E-state index contributed by atoms with van der Waals surface area (Å²) in [6, 6.07) is 14.0. The molecule has 2 saturated heterocycles. The van der Waals surface area contributed by atoms with E-state index in [2.05, 4.69) is 5.32 Å². The van der Waals surface area contributed by atoms with Crippen LogP contribution >= 0.6 is 0 Å². The van der Waals surface area contributed by atoms with Gasteiger partial charge in [0.1, 0.15) is 11.3 Å². The van der Waals surface area contributed by atoms with E-state index in [-0.39, 0.29) is 18.2 Å². The Bertz CT molecular complexity index is 1140. The number of anilines is 1. The van der Waals surface area contributed by atoms with E-state index in [1.54, 1.807) is 25.3 Å². The molecule has 2 aromatic carbocycles. The molecule has 2 aliphatic rings. The number of fused-ring (bicyclic) bond motifs is 1. The number of ether oxygens (including phenoxy) is 1. The number of aliphatic carboxylic acids is 1. The molecule has 0 spiro atoms. The van der Waals surface area contributed by atoms with Gasteiger partial charge >= 0.3 is 5.97 Å². The van der Waals surface area contributed by atoms with Crippen molar-refractivity contribution in [1.82, 2.24) is 5.32 Å². The first-order chi connectivity index (χ1) is 16.2. The van der Waals surface area contributed by atoms with Gasteiger partial charge in [-0.05, 0) is 48.6 Å². The van der Waals surface area contributed by atoms with Gasteiger partial charge < -0.3 is 9.84 Å². The fraction of sp³-hybridized carbons (Fsp3) is 0.370. The van der Waals surface area contributed by atoms with E-state index in [1.807, 2.05) is 63.2 Å². The van der Waals surface area contributed by atoms with Gasteiger partial charge in [-0.2, -0.15) is 0 Å². The number of nitrogens with one attached hydrogen (secondary N) is 1. The van der Waals surface area contributed by atoms with Crippen molar-refractivity contribution < 1.29 is 24.2 Å². The molecule has 4 rings (SSSR count). The molecule has 0 saturated carbocycles. The van der Waals surface area contributed by atoms with E-state index in [0.29, 0.717) is 5.69 Å². The minimum absolute atomic E-state index is 0.00369. The normalized spacial score (nSPS) is 26.5. The largest absolute Gasteiger partial charge is 0.497 e. The van der Waals surface area contributed by atoms with Crippen LogP contribution in [0.3, 0.4) is 0 Å². The lowest BCUT2D eigenvalue weighted by Gasteiger charge is -2.32. The number of aryl methyl sites for hydroxylation is 1. The highest BCUT2D eigenvalue weighted by atomic mass is 16.5. The number of hydrogen-bond donors (Lipinski definition) is 2. The van der Waals surface area contributed by atoms with Gasteiger partial charge in [0.15, 0.2) is 0 Å². The number of benzene rings is 2. The summed E-state index contributed by atoms with van der Waals surface area (Å²) >= 11 is 0. The third kappa shape index (κ3) is 3.90. The van der Waals surface area contributed by atoms with Gasteiger partial charge in [-0.1, -0.05) is 56.3 Å². The summed E-state index contributed by atoms with van der Waals surface area (Å²) in [5.74, 6) is -3.01. The van der Waals surface area contributed by atoms with Crippen LogP contribution in [0.15, 0.2) is 54.6 Å². The number of imide groups is 1. The lowest BCUT2D eigenvalue weighted by Crippen LogP contribution is -2.57. The van der Waals surface area contributed by atoms with Crippen LogP contribution in [0, 0.1) is 24.7 Å². The highest BCUT2D eigenvalue weighted by Crippen LogP contribution is 2.47. The van der Waals surface area contributed by atoms with Crippen molar-refractivity contribution in [3.63, 3.8) is 0 Å². The fourth-order valence-corrected chi connectivity index (χ4v) is 5.31. The first-order valence-electron chi connectivity index (χ1n) is 11.5. The molecule has 2 aliphatic heterocycles. The topological polar surface area (TPSA) is 95.9 Å². The molecule has 178 valence electrons. The van der Waals surface area contributed by atoms with Crippen molar-refractivity contribution >= 4 is 29.5 Å². The van der Waals surface area contributed by atoms with Crippen LogP contribution in [0.4, 0.5) is 5.69 Å². The standard InChI is InChI=1S/C27H30N2O5/c1-16(2)15-27(26(32)33)23-22(20(28-27)14-11-18-9-12-19(34-4)13-10-18)24(30)29(25(23)31)21-8-6-5-7-17(21)3/h5-14,16,20,22-23,28H,15H2,1-4H3,(H,32,33)/b14-11-. The average molecular weight is 463 g/mol. The Morgan fingerprint density at radius 1 is 1.15 bits per heavy atom. The quantitative estimate of drug-likeness (QED) is 0.610. The lowest BCUT2D eigenvalue weighted by molar-refractivity contribution is -0.149. The van der Waals surface area contributed by atoms with Crippen LogP contribution in [0.1, 0.15) is 31.4 Å². The summed E-state index contributed by atoms with van der Waals surface area (Å²) in [5, 5.41) is 13.6. The van der Waals surface area contributed by atoms with E-state index in [9.17, 15) is 19.5 Å². The monoisotopic (exact) mass is 462 g/mol. The van der Waals surface area contributed by atoms with Gasteiger partial charge in [-0.3, -0.25) is 19.7 Å². The van der Waals surface area contributed by atoms with Crippen molar-refractivity contribution in [2.24, 2.45) is 17.8 Å². The second-order valence-corrected chi connectivity index (χ2v) is 9.48. The molecule has 0 bridgehead atoms. The zero-order chi connectivity index (χ0) is 24.6. The SMILES string of the molecule is COc1ccc(/C=C\C2NC(CC(C)C)(C(=O)O)C3C(=O)N(c4ccccc4C)C(=O)C23)cc1. The molecule has 0 radical (unpaired) electrons. The minimum Gasteiger partial charge on any atom is -0.497 e. The minimum atomic E-state index is -1.53. The van der Waals surface area contributed by atoms with Crippen molar-refractivity contribution in [3.8, 4) is 5.75 Å². The molecule has 0 aliphatic carbocycles. The van der Waals surface area contributed by atoms with Gasteiger partial charge in [0, 0.05) is 6.04 Å². The zero-order valence-electron chi connectivity index (χ0n) is 19.8. The Kier molecular flexibility index (Phi) is 6.32. The fourth-order valence-electron chi connectivity index (χ4n) is 5.31. The summed E-state index contributed by atoms with van der Waals surface area (Å²) in [5.41, 5.74) is 0.641. The Morgan fingerprint density at radius 3 is 2.41 bits per heavy atom. The Hall–Kier alpha value is -3.45. The van der Waals surface area contributed by atoms with E-state index in [0.717, 1.165) is 16.9 Å². The summed E-state index contributed by atoms with van der Waals surface area (Å²) in [6.07, 6.45) is 3.88. The number of carboxylic acid groups (broad SMARTS) is 1. The molecular formula is C27H30N2O5. The maximum Gasteiger partial charge on any atom is 0.324 e. The van der Waals surface area contributed by atoms with Gasteiger partial charge in [-0.15, -0.1) is 0 Å². The molecular weight excluding hydrogens is 432 g/mol. The lowest BCUT2D eigenvalue weighted by atomic mass is 9.75. The smallest absolute Gasteiger partial charge is 0.324 e. The summed E-state index contributed by atoms with van der Waals surface area (Å²) in [6.45, 7) is 5.67. The number of hydrogen-bond acceptors (Lipinski definition) is 5. The van der Waals surface area contributed by atoms with Gasteiger partial charge in [0.2, 0.25) is 11.8 Å². The third-order valence-electron chi connectivity index (χ3n) is 6.77. The molecule has 2 amide bonds. The molecule has 34 heavy (non-hydrogen) atoms. The second kappa shape index (κ2) is 9.06. The maximum atomic E-state index is 13.7. The van der Waals surface area contributed by atoms with E-state index >= 15 is 0 Å². The highest BCUT2D eigenvalue weighted by molar-refractivity contribution is 6.24. The molecule has 0 aromatic heterocycles. The number of methoxy groups -OCH3 is 1. The predicted molar refractivity (Wildman–Crippen MR) is 129 cm³/mol. The summed E-state index contributed by atoms with van der Waals surface area (Å²) in [7, 11) is 1.59. The van der Waals surface area contributed by atoms with Crippen LogP contribution in [-0.2, 0) is 14.4 Å². The second-order valence-electron chi connectivity index (χ2n) is 9.48. The molecule has 2 N–H and O–H groups in total. The number of carbonyl (C=O) groups excluding carboxylic acids is 2. The number of nitrogens with zero attached hydrogens (tertiary/aromatic N) is 1. The molecule has 4 atom stereocenters. The van der Waals surface area contributed by atoms with Crippen molar-refractivity contribution in [2.75, 3.05) is 12.0 Å². The Balaban J connectivity index is 1.77. The molecule has 7 heteroatoms. The van der Waals surface area contributed by atoms with Crippen LogP contribution in [-0.4, -0.2) is 41.6 Å². The van der Waals surface area contributed by atoms with Crippen LogP contribution in [0.2, 0.25) is 0 Å². The molecule has 2 fully saturated rings. The van der Waals surface area contributed by atoms with Crippen molar-refractivity contribution in [2.45, 2.75) is 38.8 Å². The van der Waals surface area contributed by atoms with Gasteiger partial charge in [0.25, 0.3) is 0 Å². The number of amides is 2. The molecule has 4 unspecified atom stereocenters. The first-order valence-corrected chi connectivity index (χ1v) is 11.5. The highest BCUT2D eigenvalue weighted by Gasteiger charge is 2.68. The zero-order valence-corrected chi connectivity index (χ0v) is 19.8. The van der Waals surface area contributed by atoms with Crippen LogP contribution < -0.4 is 15.0 Å². The number of rotatable bonds is 7. The van der Waals surface area contributed by atoms with Crippen LogP contribution in [0.25, 0.3) is 6.08 Å². The van der Waals surface area contributed by atoms with Gasteiger partial charge in [-0.25, -0.2) is 4.90 Å². The number of para-hydroxylation sites is 1. The molecule has 7 nitrogen and oxygen atoms in total. The van der Waals surface area contributed by atoms with E-state index < -0.39 is 35.3 Å². The van der Waals surface area contributed by atoms with Crippen molar-refractivity contribution in [3.05, 3.63) is 65.7 Å². The molecule has 2 aromatic rings. The maximum absolute atomic E-state index is 13.7. The summed E-state index contributed by atoms with van der Waals surface area (Å²) in [4.78, 5) is 41.2. The first kappa shape index (κ1) is 23.7. The predicted octanol–water partition coefficient (Wildman–Crippen LogP) is 3.66. The van der Waals surface area contributed by atoms with Crippen molar-refractivity contribution in [1.29, 1.82) is 0 Å². The summed E-state index contributed by atoms with van der Waals surface area (Å²) < 4.78 is 5.19. The Labute approximate surface area is 199 Å². The van der Waals surface area contributed by atoms with E-state index in [1.165, 1.54) is 4.90 Å². The average Bonchev–Trinajstić information content (AvgIpc) is 3.26. The van der Waals surface area contributed by atoms with Gasteiger partial charge in [0.05, 0.1) is 24.6 Å². The Morgan fingerprint density at radius 2 is 1.82 bits per heavy atom. The number of carboxylic acids is 1. The van der Waals surface area contributed by atoms with Crippen LogP contribution in [0.5, 0.6) is 5.75 Å². The third-order valence-corrected chi connectivity index (χ3v) is 6.77.